The fourth-order valence-corrected chi connectivity index (χ4v) is 1.71. The summed E-state index contributed by atoms with van der Waals surface area (Å²) in [6, 6.07) is 1.56. The van der Waals surface area contributed by atoms with Crippen LogP contribution in [0.25, 0.3) is 11.4 Å². The Morgan fingerprint density at radius 2 is 2.24 bits per heavy atom. The van der Waals surface area contributed by atoms with Gasteiger partial charge in [0.25, 0.3) is 5.56 Å². The van der Waals surface area contributed by atoms with E-state index in [2.05, 4.69) is 28.9 Å². The molecule has 0 atom stereocenters. The van der Waals surface area contributed by atoms with E-state index in [1.54, 1.807) is 16.9 Å². The lowest BCUT2D eigenvalue weighted by Gasteiger charge is -2.05. The highest BCUT2D eigenvalue weighted by atomic mass is 16.1. The van der Waals surface area contributed by atoms with Gasteiger partial charge in [-0.1, -0.05) is 13.8 Å². The topological polar surface area (TPSA) is 63.6 Å². The Labute approximate surface area is 99.5 Å². The number of rotatable bonds is 3. The largest absolute Gasteiger partial charge is 0.306 e. The Morgan fingerprint density at radius 3 is 2.82 bits per heavy atom. The lowest BCUT2D eigenvalue weighted by Crippen LogP contribution is -2.11. The molecule has 2 aromatic rings. The highest BCUT2D eigenvalue weighted by molar-refractivity contribution is 5.51. The lowest BCUT2D eigenvalue weighted by molar-refractivity contribution is 0.634. The second-order valence-electron chi connectivity index (χ2n) is 4.59. The number of nitrogens with zero attached hydrogens (tertiary/aromatic N) is 3. The van der Waals surface area contributed by atoms with Crippen LogP contribution in [-0.4, -0.2) is 19.7 Å². The molecule has 2 aromatic heterocycles. The molecule has 2 rings (SSSR count). The van der Waals surface area contributed by atoms with Gasteiger partial charge in [0.05, 0.1) is 11.8 Å². The molecule has 0 aromatic carbocycles. The molecule has 17 heavy (non-hydrogen) atoms. The molecule has 0 aliphatic rings. The number of aromatic amines is 1. The summed E-state index contributed by atoms with van der Waals surface area (Å²) in [5, 5.41) is 4.07. The summed E-state index contributed by atoms with van der Waals surface area (Å²) in [7, 11) is 1.83. The Morgan fingerprint density at radius 1 is 1.47 bits per heavy atom. The summed E-state index contributed by atoms with van der Waals surface area (Å²) < 4.78 is 1.68. The van der Waals surface area contributed by atoms with Gasteiger partial charge in [-0.15, -0.1) is 0 Å². The van der Waals surface area contributed by atoms with Crippen molar-refractivity contribution >= 4 is 0 Å². The molecule has 2 heterocycles. The summed E-state index contributed by atoms with van der Waals surface area (Å²) >= 11 is 0. The van der Waals surface area contributed by atoms with Crippen molar-refractivity contribution in [3.05, 3.63) is 34.5 Å². The SMILES string of the molecule is CC(C)Cc1cc(=O)[nH]c(-c2cnn(C)c2)n1. The first-order chi connectivity index (χ1) is 8.04. The van der Waals surface area contributed by atoms with Crippen LogP contribution in [0.4, 0.5) is 0 Å². The van der Waals surface area contributed by atoms with Crippen molar-refractivity contribution in [3.8, 4) is 11.4 Å². The number of nitrogens with one attached hydrogen (secondary N) is 1. The van der Waals surface area contributed by atoms with Gasteiger partial charge in [0.1, 0.15) is 5.82 Å². The van der Waals surface area contributed by atoms with Crippen LogP contribution in [0.3, 0.4) is 0 Å². The third kappa shape index (κ3) is 2.81. The van der Waals surface area contributed by atoms with E-state index in [1.165, 1.54) is 0 Å². The maximum absolute atomic E-state index is 11.5. The van der Waals surface area contributed by atoms with Gasteiger partial charge in [-0.2, -0.15) is 5.10 Å². The molecule has 90 valence electrons. The van der Waals surface area contributed by atoms with E-state index in [4.69, 9.17) is 0 Å². The summed E-state index contributed by atoms with van der Waals surface area (Å²) in [6.45, 7) is 4.21. The van der Waals surface area contributed by atoms with E-state index in [0.29, 0.717) is 11.7 Å². The quantitative estimate of drug-likeness (QED) is 0.869. The highest BCUT2D eigenvalue weighted by Crippen LogP contribution is 2.12. The monoisotopic (exact) mass is 232 g/mol. The number of hydrogen-bond donors (Lipinski definition) is 1. The first-order valence-corrected chi connectivity index (χ1v) is 5.64. The Kier molecular flexibility index (Phi) is 3.08. The molecule has 0 spiro atoms. The van der Waals surface area contributed by atoms with Crippen molar-refractivity contribution < 1.29 is 0 Å². The molecule has 0 aliphatic heterocycles. The predicted molar refractivity (Wildman–Crippen MR) is 65.6 cm³/mol. The van der Waals surface area contributed by atoms with E-state index in [-0.39, 0.29) is 5.56 Å². The fourth-order valence-electron chi connectivity index (χ4n) is 1.71. The number of H-pyrrole nitrogens is 1. The molecular weight excluding hydrogens is 216 g/mol. The molecule has 0 saturated heterocycles. The highest BCUT2D eigenvalue weighted by Gasteiger charge is 2.07. The minimum absolute atomic E-state index is 0.116. The standard InChI is InChI=1S/C12H16N4O/c1-8(2)4-10-5-11(17)15-12(14-10)9-6-13-16(3)7-9/h5-8H,4H2,1-3H3,(H,14,15,17). The number of hydrogen-bond acceptors (Lipinski definition) is 3. The Hall–Kier alpha value is -1.91. The molecular formula is C12H16N4O. The fraction of sp³-hybridized carbons (Fsp3) is 0.417. The van der Waals surface area contributed by atoms with Crippen molar-refractivity contribution in [2.24, 2.45) is 13.0 Å². The molecule has 0 radical (unpaired) electrons. The van der Waals surface area contributed by atoms with E-state index < -0.39 is 0 Å². The third-order valence-corrected chi connectivity index (χ3v) is 2.39. The molecule has 0 fully saturated rings. The Balaban J connectivity index is 2.41. The summed E-state index contributed by atoms with van der Waals surface area (Å²) in [5.74, 6) is 1.06. The summed E-state index contributed by atoms with van der Waals surface area (Å²) in [5.41, 5.74) is 1.53. The number of aryl methyl sites for hydroxylation is 1. The van der Waals surface area contributed by atoms with Gasteiger partial charge in [-0.25, -0.2) is 4.98 Å². The van der Waals surface area contributed by atoms with Crippen molar-refractivity contribution in [1.82, 2.24) is 19.7 Å². The first kappa shape index (κ1) is 11.6. The van der Waals surface area contributed by atoms with Crippen molar-refractivity contribution in [1.29, 1.82) is 0 Å². The summed E-state index contributed by atoms with van der Waals surface area (Å²) in [6.07, 6.45) is 4.33. The zero-order valence-corrected chi connectivity index (χ0v) is 10.3. The van der Waals surface area contributed by atoms with Crippen LogP contribution in [0.15, 0.2) is 23.3 Å². The van der Waals surface area contributed by atoms with Crippen molar-refractivity contribution in [3.63, 3.8) is 0 Å². The minimum Gasteiger partial charge on any atom is -0.306 e. The Bertz CT molecular complexity index is 568. The van der Waals surface area contributed by atoms with E-state index in [9.17, 15) is 4.79 Å². The van der Waals surface area contributed by atoms with Crippen LogP contribution < -0.4 is 5.56 Å². The van der Waals surface area contributed by atoms with E-state index in [0.717, 1.165) is 17.7 Å². The average Bonchev–Trinajstić information content (AvgIpc) is 2.62. The van der Waals surface area contributed by atoms with Crippen LogP contribution in [0.1, 0.15) is 19.5 Å². The molecule has 5 nitrogen and oxygen atoms in total. The van der Waals surface area contributed by atoms with Crippen molar-refractivity contribution in [2.45, 2.75) is 20.3 Å². The first-order valence-electron chi connectivity index (χ1n) is 5.64. The van der Waals surface area contributed by atoms with Crippen LogP contribution in [0.5, 0.6) is 0 Å². The molecule has 0 bridgehead atoms. The van der Waals surface area contributed by atoms with Gasteiger partial charge in [0, 0.05) is 25.0 Å². The van der Waals surface area contributed by atoms with Crippen molar-refractivity contribution in [2.75, 3.05) is 0 Å². The van der Waals surface area contributed by atoms with Crippen LogP contribution in [0.2, 0.25) is 0 Å². The smallest absolute Gasteiger partial charge is 0.251 e. The van der Waals surface area contributed by atoms with Gasteiger partial charge in [-0.05, 0) is 12.3 Å². The normalized spacial score (nSPS) is 11.1. The third-order valence-electron chi connectivity index (χ3n) is 2.39. The second kappa shape index (κ2) is 4.53. The zero-order valence-electron chi connectivity index (χ0n) is 10.3. The van der Waals surface area contributed by atoms with Crippen LogP contribution in [0, 0.1) is 5.92 Å². The van der Waals surface area contributed by atoms with E-state index in [1.807, 2.05) is 13.2 Å². The molecule has 0 unspecified atom stereocenters. The van der Waals surface area contributed by atoms with Gasteiger partial charge in [0.2, 0.25) is 0 Å². The second-order valence-corrected chi connectivity index (χ2v) is 4.59. The van der Waals surface area contributed by atoms with Crippen LogP contribution in [-0.2, 0) is 13.5 Å². The average molecular weight is 232 g/mol. The molecule has 0 aliphatic carbocycles. The number of aromatic nitrogens is 4. The van der Waals surface area contributed by atoms with E-state index >= 15 is 0 Å². The molecule has 5 heteroatoms. The van der Waals surface area contributed by atoms with Gasteiger partial charge >= 0.3 is 0 Å². The van der Waals surface area contributed by atoms with Gasteiger partial charge in [-0.3, -0.25) is 9.48 Å². The van der Waals surface area contributed by atoms with Gasteiger partial charge in [0.15, 0.2) is 0 Å². The maximum atomic E-state index is 11.5. The van der Waals surface area contributed by atoms with Crippen LogP contribution >= 0.6 is 0 Å². The van der Waals surface area contributed by atoms with Gasteiger partial charge < -0.3 is 4.98 Å². The molecule has 0 amide bonds. The molecule has 0 saturated carbocycles. The maximum Gasteiger partial charge on any atom is 0.251 e. The zero-order chi connectivity index (χ0) is 12.4. The summed E-state index contributed by atoms with van der Waals surface area (Å²) in [4.78, 5) is 18.7. The predicted octanol–water partition coefficient (Wildman–Crippen LogP) is 1.37. The molecule has 1 N–H and O–H groups in total. The lowest BCUT2D eigenvalue weighted by atomic mass is 10.1. The minimum atomic E-state index is -0.116.